The molecule has 7 aromatic carbocycles. The molecule has 0 spiro atoms. The number of aromatic nitrogens is 2. The molecule has 0 saturated heterocycles. The lowest BCUT2D eigenvalue weighted by Gasteiger charge is -2.11. The molecule has 0 atom stereocenters. The van der Waals surface area contributed by atoms with Gasteiger partial charge in [-0.3, -0.25) is 0 Å². The van der Waals surface area contributed by atoms with Gasteiger partial charge < -0.3 is 13.6 Å². The van der Waals surface area contributed by atoms with Crippen LogP contribution in [0.25, 0.3) is 88.1 Å². The lowest BCUT2D eigenvalue weighted by atomic mass is 10.1. The molecule has 0 unspecified atom stereocenters. The highest BCUT2D eigenvalue weighted by Gasteiger charge is 2.20. The van der Waals surface area contributed by atoms with Gasteiger partial charge in [0.15, 0.2) is 0 Å². The maximum atomic E-state index is 6.37. The molecule has 3 nitrogen and oxygen atoms in total. The van der Waals surface area contributed by atoms with Crippen molar-refractivity contribution in [3.8, 4) is 22.5 Å². The molecule has 45 heavy (non-hydrogen) atoms. The molecule has 0 aliphatic carbocycles. The predicted molar refractivity (Wildman–Crippen MR) is 188 cm³/mol. The maximum Gasteiger partial charge on any atom is 0.137 e. The molecule has 3 aromatic heterocycles. The van der Waals surface area contributed by atoms with Gasteiger partial charge in [0.2, 0.25) is 0 Å². The van der Waals surface area contributed by atoms with Gasteiger partial charge in [0.05, 0.1) is 22.1 Å². The van der Waals surface area contributed by atoms with Gasteiger partial charge in [-0.05, 0) is 65.7 Å². The maximum absolute atomic E-state index is 6.37. The number of para-hydroxylation sites is 3. The second-order valence-electron chi connectivity index (χ2n) is 11.8. The Kier molecular flexibility index (Phi) is 5.00. The molecule has 210 valence electrons. The number of fused-ring (bicyclic) bond motifs is 9. The number of furan rings is 1. The monoisotopic (exact) mass is 574 g/mol. The van der Waals surface area contributed by atoms with Gasteiger partial charge in [-0.25, -0.2) is 0 Å². The van der Waals surface area contributed by atoms with E-state index in [-0.39, 0.29) is 0 Å². The Morgan fingerprint density at radius 2 is 0.889 bits per heavy atom. The van der Waals surface area contributed by atoms with Crippen molar-refractivity contribution in [2.75, 3.05) is 0 Å². The summed E-state index contributed by atoms with van der Waals surface area (Å²) in [4.78, 5) is 0. The smallest absolute Gasteiger partial charge is 0.137 e. The minimum atomic E-state index is 0.904. The first kappa shape index (κ1) is 24.4. The van der Waals surface area contributed by atoms with Crippen LogP contribution in [-0.2, 0) is 0 Å². The van der Waals surface area contributed by atoms with Gasteiger partial charge in [0, 0.05) is 49.8 Å². The molecule has 3 heteroatoms. The average molecular weight is 575 g/mol. The third-order valence-electron chi connectivity index (χ3n) is 9.28. The third-order valence-corrected chi connectivity index (χ3v) is 9.28. The van der Waals surface area contributed by atoms with Crippen LogP contribution in [0.15, 0.2) is 162 Å². The van der Waals surface area contributed by atoms with E-state index in [1.165, 1.54) is 49.2 Å². The first-order valence-electron chi connectivity index (χ1n) is 15.4. The van der Waals surface area contributed by atoms with Crippen LogP contribution < -0.4 is 0 Å². The van der Waals surface area contributed by atoms with Crippen molar-refractivity contribution in [1.82, 2.24) is 9.13 Å². The number of rotatable bonds is 3. The topological polar surface area (TPSA) is 23.0 Å². The van der Waals surface area contributed by atoms with Gasteiger partial charge in [0.1, 0.15) is 11.2 Å². The summed E-state index contributed by atoms with van der Waals surface area (Å²) in [6.45, 7) is 0. The zero-order valence-corrected chi connectivity index (χ0v) is 24.3. The zero-order chi connectivity index (χ0) is 29.5. The fourth-order valence-electron chi connectivity index (χ4n) is 7.28. The average Bonchev–Trinajstić information content (AvgIpc) is 3.74. The molecular weight excluding hydrogens is 548 g/mol. The molecule has 0 aliphatic rings. The number of benzene rings is 7. The summed E-state index contributed by atoms with van der Waals surface area (Å²) in [5.41, 5.74) is 11.2. The van der Waals surface area contributed by atoms with E-state index in [0.717, 1.165) is 38.8 Å². The lowest BCUT2D eigenvalue weighted by Crippen LogP contribution is -1.96. The van der Waals surface area contributed by atoms with E-state index in [0.29, 0.717) is 0 Å². The Bertz CT molecular complexity index is 2740. The summed E-state index contributed by atoms with van der Waals surface area (Å²) < 4.78 is 11.2. The Morgan fingerprint density at radius 1 is 0.311 bits per heavy atom. The highest BCUT2D eigenvalue weighted by atomic mass is 16.3. The van der Waals surface area contributed by atoms with Crippen molar-refractivity contribution in [2.24, 2.45) is 0 Å². The lowest BCUT2D eigenvalue weighted by molar-refractivity contribution is 0.669. The quantitative estimate of drug-likeness (QED) is 0.206. The molecule has 0 amide bonds. The number of hydrogen-bond donors (Lipinski definition) is 0. The molecular formula is C42H26N2O. The van der Waals surface area contributed by atoms with Crippen LogP contribution in [0.1, 0.15) is 0 Å². The fraction of sp³-hybridized carbons (Fsp3) is 0. The van der Waals surface area contributed by atoms with Crippen molar-refractivity contribution in [1.29, 1.82) is 0 Å². The minimum absolute atomic E-state index is 0.904. The van der Waals surface area contributed by atoms with Crippen LogP contribution in [0, 0.1) is 0 Å². The first-order valence-corrected chi connectivity index (χ1v) is 15.4. The summed E-state index contributed by atoms with van der Waals surface area (Å²) in [6, 6.07) is 56.6. The number of nitrogens with zero attached hydrogens (tertiary/aromatic N) is 2. The van der Waals surface area contributed by atoms with Gasteiger partial charge in [0.25, 0.3) is 0 Å². The third kappa shape index (κ3) is 3.52. The Balaban J connectivity index is 1.34. The summed E-state index contributed by atoms with van der Waals surface area (Å²) in [6.07, 6.45) is 0. The van der Waals surface area contributed by atoms with Crippen molar-refractivity contribution in [3.05, 3.63) is 158 Å². The summed E-state index contributed by atoms with van der Waals surface area (Å²) in [5.74, 6) is 0. The summed E-state index contributed by atoms with van der Waals surface area (Å²) in [5, 5.41) is 7.23. The largest absolute Gasteiger partial charge is 0.456 e. The zero-order valence-electron chi connectivity index (χ0n) is 24.3. The van der Waals surface area contributed by atoms with Crippen LogP contribution in [-0.4, -0.2) is 9.13 Å². The minimum Gasteiger partial charge on any atom is -0.456 e. The van der Waals surface area contributed by atoms with Gasteiger partial charge in [-0.15, -0.1) is 0 Å². The van der Waals surface area contributed by atoms with E-state index in [1.807, 2.05) is 6.07 Å². The van der Waals surface area contributed by atoms with E-state index in [9.17, 15) is 0 Å². The van der Waals surface area contributed by atoms with E-state index in [1.54, 1.807) is 0 Å². The van der Waals surface area contributed by atoms with Crippen LogP contribution in [0.5, 0.6) is 0 Å². The van der Waals surface area contributed by atoms with Gasteiger partial charge >= 0.3 is 0 Å². The second-order valence-corrected chi connectivity index (χ2v) is 11.8. The molecule has 10 aromatic rings. The van der Waals surface area contributed by atoms with Crippen molar-refractivity contribution in [3.63, 3.8) is 0 Å². The summed E-state index contributed by atoms with van der Waals surface area (Å²) in [7, 11) is 0. The molecule has 0 aliphatic heterocycles. The highest BCUT2D eigenvalue weighted by Crippen LogP contribution is 2.42. The van der Waals surface area contributed by atoms with Crippen LogP contribution in [0.2, 0.25) is 0 Å². The first-order chi connectivity index (χ1) is 22.3. The van der Waals surface area contributed by atoms with E-state index >= 15 is 0 Å². The van der Waals surface area contributed by atoms with E-state index < -0.39 is 0 Å². The van der Waals surface area contributed by atoms with Crippen LogP contribution >= 0.6 is 0 Å². The number of hydrogen-bond acceptors (Lipinski definition) is 1. The van der Waals surface area contributed by atoms with E-state index in [4.69, 9.17) is 4.42 Å². The molecule has 10 rings (SSSR count). The van der Waals surface area contributed by atoms with Crippen molar-refractivity contribution >= 4 is 65.6 Å². The molecule has 3 heterocycles. The Labute approximate surface area is 258 Å². The van der Waals surface area contributed by atoms with Crippen molar-refractivity contribution < 1.29 is 4.42 Å². The SMILES string of the molecule is c1ccc(-c2cccc(-n3c4ccccc4c4cc5c6cc7c(cc6n(-c6ccccc6)c5cc43)oc3ccccc37)c2)cc1. The van der Waals surface area contributed by atoms with Gasteiger partial charge in [-0.2, -0.15) is 0 Å². The molecule has 0 N–H and O–H groups in total. The molecule has 0 saturated carbocycles. The van der Waals surface area contributed by atoms with E-state index in [2.05, 4.69) is 161 Å². The highest BCUT2D eigenvalue weighted by molar-refractivity contribution is 6.22. The molecule has 0 radical (unpaired) electrons. The Morgan fingerprint density at radius 3 is 1.71 bits per heavy atom. The van der Waals surface area contributed by atoms with Crippen LogP contribution in [0.3, 0.4) is 0 Å². The van der Waals surface area contributed by atoms with Crippen LogP contribution in [0.4, 0.5) is 0 Å². The van der Waals surface area contributed by atoms with Crippen molar-refractivity contribution in [2.45, 2.75) is 0 Å². The predicted octanol–water partition coefficient (Wildman–Crippen LogP) is 11.4. The molecule has 0 bridgehead atoms. The Hall–Kier alpha value is -6.06. The molecule has 0 fully saturated rings. The second kappa shape index (κ2) is 9.22. The fourth-order valence-corrected chi connectivity index (χ4v) is 7.28. The normalized spacial score (nSPS) is 12.0. The summed E-state index contributed by atoms with van der Waals surface area (Å²) >= 11 is 0. The standard InChI is InChI=1S/C42H26N2O/c1-3-12-27(13-4-1)28-14-11-17-30(22-28)44-37-20-9-7-18-31(37)33-23-34-35-24-36-32-19-8-10-21-41(32)45-42(36)26-40(35)43(39(34)25-38(33)44)29-15-5-2-6-16-29/h1-26H. The van der Waals surface area contributed by atoms with Gasteiger partial charge in [-0.1, -0.05) is 97.1 Å².